The molecule has 0 unspecified atom stereocenters. The molecular formula is C19H20N2O2. The molecule has 0 aliphatic heterocycles. The van der Waals surface area contributed by atoms with Gasteiger partial charge in [-0.3, -0.25) is 4.79 Å². The summed E-state index contributed by atoms with van der Waals surface area (Å²) in [7, 11) is 0. The van der Waals surface area contributed by atoms with Gasteiger partial charge >= 0.3 is 0 Å². The number of aryl methyl sites for hydroxylation is 1. The van der Waals surface area contributed by atoms with Crippen molar-refractivity contribution in [3.8, 4) is 11.5 Å². The molecule has 0 saturated heterocycles. The fourth-order valence-corrected chi connectivity index (χ4v) is 2.47. The van der Waals surface area contributed by atoms with Crippen LogP contribution in [0.15, 0.2) is 46.9 Å². The molecule has 23 heavy (non-hydrogen) atoms. The minimum atomic E-state index is 0.0357. The quantitative estimate of drug-likeness (QED) is 0.727. The molecule has 0 spiro atoms. The van der Waals surface area contributed by atoms with Crippen molar-refractivity contribution < 1.29 is 9.21 Å². The largest absolute Gasteiger partial charge is 0.436 e. The number of fused-ring (bicyclic) bond motifs is 1. The SMILES string of the molecule is CCCCC(=O)Nc1ccc2oc(-c3cccc(C)c3)nc2c1. The summed E-state index contributed by atoms with van der Waals surface area (Å²) in [5, 5.41) is 2.91. The van der Waals surface area contributed by atoms with Crippen LogP contribution >= 0.6 is 0 Å². The van der Waals surface area contributed by atoms with E-state index < -0.39 is 0 Å². The van der Waals surface area contributed by atoms with Crippen molar-refractivity contribution in [2.75, 3.05) is 5.32 Å². The van der Waals surface area contributed by atoms with Gasteiger partial charge in [-0.1, -0.05) is 31.0 Å². The minimum Gasteiger partial charge on any atom is -0.436 e. The van der Waals surface area contributed by atoms with Crippen molar-refractivity contribution in [1.82, 2.24) is 4.98 Å². The van der Waals surface area contributed by atoms with Crippen LogP contribution in [0.2, 0.25) is 0 Å². The highest BCUT2D eigenvalue weighted by molar-refractivity contribution is 5.93. The smallest absolute Gasteiger partial charge is 0.227 e. The van der Waals surface area contributed by atoms with Crippen LogP contribution in [0.25, 0.3) is 22.6 Å². The van der Waals surface area contributed by atoms with Crippen molar-refractivity contribution in [3.05, 3.63) is 48.0 Å². The maximum absolute atomic E-state index is 11.8. The van der Waals surface area contributed by atoms with Crippen LogP contribution in [0.1, 0.15) is 31.7 Å². The molecule has 0 aliphatic rings. The van der Waals surface area contributed by atoms with Crippen LogP contribution in [0.4, 0.5) is 5.69 Å². The van der Waals surface area contributed by atoms with Gasteiger partial charge in [0.15, 0.2) is 5.58 Å². The van der Waals surface area contributed by atoms with Gasteiger partial charge in [0.1, 0.15) is 5.52 Å². The number of nitrogens with one attached hydrogen (secondary N) is 1. The van der Waals surface area contributed by atoms with E-state index in [0.717, 1.165) is 35.2 Å². The molecule has 3 rings (SSSR count). The Kier molecular flexibility index (Phi) is 4.42. The molecule has 0 bridgehead atoms. The lowest BCUT2D eigenvalue weighted by Gasteiger charge is -2.03. The fourth-order valence-electron chi connectivity index (χ4n) is 2.47. The van der Waals surface area contributed by atoms with Crippen LogP contribution in [0, 0.1) is 6.92 Å². The van der Waals surface area contributed by atoms with Crippen molar-refractivity contribution in [3.63, 3.8) is 0 Å². The Morgan fingerprint density at radius 2 is 2.09 bits per heavy atom. The number of aromatic nitrogens is 1. The first-order chi connectivity index (χ1) is 11.2. The normalized spacial score (nSPS) is 10.9. The third-order valence-corrected chi connectivity index (χ3v) is 3.69. The molecule has 1 N–H and O–H groups in total. The molecule has 2 aromatic carbocycles. The highest BCUT2D eigenvalue weighted by Crippen LogP contribution is 2.26. The summed E-state index contributed by atoms with van der Waals surface area (Å²) >= 11 is 0. The lowest BCUT2D eigenvalue weighted by molar-refractivity contribution is -0.116. The van der Waals surface area contributed by atoms with Gasteiger partial charge in [0.25, 0.3) is 0 Å². The maximum Gasteiger partial charge on any atom is 0.227 e. The zero-order valence-corrected chi connectivity index (χ0v) is 13.4. The van der Waals surface area contributed by atoms with E-state index in [-0.39, 0.29) is 5.91 Å². The number of carbonyl (C=O) groups excluding carboxylic acids is 1. The van der Waals surface area contributed by atoms with E-state index in [0.29, 0.717) is 17.9 Å². The molecule has 4 nitrogen and oxygen atoms in total. The number of hydrogen-bond donors (Lipinski definition) is 1. The molecule has 0 saturated carbocycles. The van der Waals surface area contributed by atoms with Gasteiger partial charge in [-0.2, -0.15) is 0 Å². The molecule has 0 aliphatic carbocycles. The Bertz CT molecular complexity index is 836. The van der Waals surface area contributed by atoms with Gasteiger partial charge in [0.05, 0.1) is 0 Å². The van der Waals surface area contributed by atoms with Gasteiger partial charge in [-0.25, -0.2) is 4.98 Å². The monoisotopic (exact) mass is 308 g/mol. The highest BCUT2D eigenvalue weighted by atomic mass is 16.3. The van der Waals surface area contributed by atoms with E-state index in [9.17, 15) is 4.79 Å². The van der Waals surface area contributed by atoms with Gasteiger partial charge in [-0.15, -0.1) is 0 Å². The summed E-state index contributed by atoms with van der Waals surface area (Å²) in [5.41, 5.74) is 4.33. The van der Waals surface area contributed by atoms with E-state index in [1.165, 1.54) is 0 Å². The standard InChI is InChI=1S/C19H20N2O2/c1-3-4-8-18(22)20-15-9-10-17-16(12-15)21-19(23-17)14-7-5-6-13(2)11-14/h5-7,9-12H,3-4,8H2,1-2H3,(H,20,22). The van der Waals surface area contributed by atoms with Crippen molar-refractivity contribution in [1.29, 1.82) is 0 Å². The summed E-state index contributed by atoms with van der Waals surface area (Å²) in [6.07, 6.45) is 2.45. The minimum absolute atomic E-state index is 0.0357. The van der Waals surface area contributed by atoms with Crippen LogP contribution in [0.5, 0.6) is 0 Å². The number of oxazole rings is 1. The second-order valence-electron chi connectivity index (χ2n) is 5.72. The van der Waals surface area contributed by atoms with Gasteiger partial charge < -0.3 is 9.73 Å². The molecule has 0 atom stereocenters. The van der Waals surface area contributed by atoms with Crippen LogP contribution in [-0.2, 0) is 4.79 Å². The number of unbranched alkanes of at least 4 members (excludes halogenated alkanes) is 1. The number of anilines is 1. The first kappa shape index (κ1) is 15.3. The number of nitrogens with zero attached hydrogens (tertiary/aromatic N) is 1. The lowest BCUT2D eigenvalue weighted by Crippen LogP contribution is -2.10. The number of carbonyl (C=O) groups is 1. The lowest BCUT2D eigenvalue weighted by atomic mass is 10.1. The summed E-state index contributed by atoms with van der Waals surface area (Å²) in [5.74, 6) is 0.631. The average molecular weight is 308 g/mol. The Morgan fingerprint density at radius 1 is 1.22 bits per heavy atom. The van der Waals surface area contributed by atoms with E-state index in [1.807, 2.05) is 49.4 Å². The predicted molar refractivity (Wildman–Crippen MR) is 92.3 cm³/mol. The van der Waals surface area contributed by atoms with E-state index in [1.54, 1.807) is 0 Å². The second kappa shape index (κ2) is 6.65. The van der Waals surface area contributed by atoms with E-state index in [4.69, 9.17) is 4.42 Å². The molecule has 0 radical (unpaired) electrons. The van der Waals surface area contributed by atoms with E-state index in [2.05, 4.69) is 17.2 Å². The zero-order valence-electron chi connectivity index (χ0n) is 13.4. The molecule has 1 heterocycles. The maximum atomic E-state index is 11.8. The Labute approximate surface area is 135 Å². The molecule has 4 heteroatoms. The number of benzene rings is 2. The summed E-state index contributed by atoms with van der Waals surface area (Å²) in [6, 6.07) is 13.6. The average Bonchev–Trinajstić information content (AvgIpc) is 2.96. The fraction of sp³-hybridized carbons (Fsp3) is 0.263. The zero-order chi connectivity index (χ0) is 16.2. The summed E-state index contributed by atoms with van der Waals surface area (Å²) < 4.78 is 5.81. The molecule has 0 fully saturated rings. The predicted octanol–water partition coefficient (Wildman–Crippen LogP) is 4.93. The summed E-state index contributed by atoms with van der Waals surface area (Å²) in [4.78, 5) is 16.4. The molecular weight excluding hydrogens is 288 g/mol. The molecule has 3 aromatic rings. The third kappa shape index (κ3) is 3.59. The first-order valence-electron chi connectivity index (χ1n) is 7.93. The van der Waals surface area contributed by atoms with Gasteiger partial charge in [-0.05, 0) is 43.7 Å². The Hall–Kier alpha value is -2.62. The van der Waals surface area contributed by atoms with Crippen LogP contribution < -0.4 is 5.32 Å². The topological polar surface area (TPSA) is 55.1 Å². The van der Waals surface area contributed by atoms with Crippen molar-refractivity contribution >= 4 is 22.7 Å². The summed E-state index contributed by atoms with van der Waals surface area (Å²) in [6.45, 7) is 4.11. The molecule has 1 aromatic heterocycles. The van der Waals surface area contributed by atoms with E-state index >= 15 is 0 Å². The van der Waals surface area contributed by atoms with Gasteiger partial charge in [0.2, 0.25) is 11.8 Å². The van der Waals surface area contributed by atoms with Crippen LogP contribution in [-0.4, -0.2) is 10.9 Å². The van der Waals surface area contributed by atoms with Crippen molar-refractivity contribution in [2.45, 2.75) is 33.1 Å². The van der Waals surface area contributed by atoms with Gasteiger partial charge in [0, 0.05) is 17.7 Å². The van der Waals surface area contributed by atoms with Crippen molar-refractivity contribution in [2.24, 2.45) is 0 Å². The molecule has 118 valence electrons. The Balaban J connectivity index is 1.85. The first-order valence-corrected chi connectivity index (χ1v) is 7.93. The third-order valence-electron chi connectivity index (χ3n) is 3.69. The number of hydrogen-bond acceptors (Lipinski definition) is 3. The molecule has 1 amide bonds. The number of amides is 1. The van der Waals surface area contributed by atoms with Crippen LogP contribution in [0.3, 0.4) is 0 Å². The highest BCUT2D eigenvalue weighted by Gasteiger charge is 2.10. The Morgan fingerprint density at radius 3 is 2.87 bits per heavy atom. The second-order valence-corrected chi connectivity index (χ2v) is 5.72. The number of rotatable bonds is 5.